The van der Waals surface area contributed by atoms with Crippen molar-refractivity contribution in [1.29, 1.82) is 0 Å². The largest absolute Gasteiger partial charge is 0.492 e. The van der Waals surface area contributed by atoms with E-state index < -0.39 is 0 Å². The number of nitrogens with one attached hydrogen (secondary N) is 1. The minimum Gasteiger partial charge on any atom is -0.492 e. The van der Waals surface area contributed by atoms with Crippen LogP contribution in [0.2, 0.25) is 0 Å². The van der Waals surface area contributed by atoms with Crippen molar-refractivity contribution in [3.8, 4) is 5.75 Å². The summed E-state index contributed by atoms with van der Waals surface area (Å²) >= 11 is 0. The molecule has 1 saturated heterocycles. The first-order valence-electron chi connectivity index (χ1n) is 8.54. The zero-order valence-corrected chi connectivity index (χ0v) is 14.5. The van der Waals surface area contributed by atoms with Crippen LogP contribution in [0.4, 0.5) is 5.69 Å². The maximum absolute atomic E-state index is 12.4. The van der Waals surface area contributed by atoms with E-state index in [1.54, 1.807) is 0 Å². The van der Waals surface area contributed by atoms with Crippen LogP contribution in [-0.2, 0) is 9.59 Å². The Morgan fingerprint density at radius 3 is 2.42 bits per heavy atom. The number of nitrogens with two attached hydrogens (primary N) is 1. The van der Waals surface area contributed by atoms with E-state index in [1.807, 2.05) is 43.0 Å². The van der Waals surface area contributed by atoms with Crippen LogP contribution < -0.4 is 15.8 Å². The van der Waals surface area contributed by atoms with Crippen LogP contribution in [-0.4, -0.2) is 43.0 Å². The summed E-state index contributed by atoms with van der Waals surface area (Å²) in [5.41, 5.74) is 6.14. The minimum absolute atomic E-state index is 0.00961. The molecule has 1 fully saturated rings. The van der Waals surface area contributed by atoms with Crippen molar-refractivity contribution < 1.29 is 14.3 Å². The van der Waals surface area contributed by atoms with Gasteiger partial charge < -0.3 is 20.7 Å². The predicted molar refractivity (Wildman–Crippen MR) is 93.8 cm³/mol. The third-order valence-corrected chi connectivity index (χ3v) is 4.18. The number of ether oxygens (including phenoxy) is 1. The summed E-state index contributed by atoms with van der Waals surface area (Å²) in [5.74, 6) is 0.882. The zero-order valence-electron chi connectivity index (χ0n) is 14.5. The minimum atomic E-state index is -0.0469. The van der Waals surface area contributed by atoms with Gasteiger partial charge in [0.25, 0.3) is 0 Å². The number of anilines is 1. The molecule has 0 unspecified atom stereocenters. The number of benzene rings is 1. The van der Waals surface area contributed by atoms with Crippen molar-refractivity contribution in [2.75, 3.05) is 31.6 Å². The van der Waals surface area contributed by atoms with Gasteiger partial charge in [0, 0.05) is 37.2 Å². The van der Waals surface area contributed by atoms with Crippen LogP contribution in [0.5, 0.6) is 5.75 Å². The Morgan fingerprint density at radius 1 is 1.25 bits per heavy atom. The molecule has 1 aromatic rings. The van der Waals surface area contributed by atoms with Gasteiger partial charge in [-0.1, -0.05) is 13.8 Å². The van der Waals surface area contributed by atoms with Crippen molar-refractivity contribution >= 4 is 17.5 Å². The van der Waals surface area contributed by atoms with Gasteiger partial charge in [0.15, 0.2) is 0 Å². The smallest absolute Gasteiger partial charge is 0.227 e. The number of carbonyl (C=O) groups is 2. The normalized spacial score (nSPS) is 15.4. The quantitative estimate of drug-likeness (QED) is 0.832. The van der Waals surface area contributed by atoms with Gasteiger partial charge in [-0.15, -0.1) is 0 Å². The Hall–Kier alpha value is -2.08. The van der Waals surface area contributed by atoms with Gasteiger partial charge in [-0.05, 0) is 37.1 Å². The molecule has 1 aliphatic heterocycles. The number of likely N-dealkylation sites (tertiary alicyclic amines) is 1. The molecule has 6 nitrogen and oxygen atoms in total. The Morgan fingerprint density at radius 2 is 1.88 bits per heavy atom. The molecular weight excluding hydrogens is 306 g/mol. The second kappa shape index (κ2) is 8.68. The lowest BCUT2D eigenvalue weighted by Gasteiger charge is -2.32. The molecule has 0 saturated carbocycles. The van der Waals surface area contributed by atoms with Gasteiger partial charge >= 0.3 is 0 Å². The molecule has 0 radical (unpaired) electrons. The predicted octanol–water partition coefficient (Wildman–Crippen LogP) is 1.86. The van der Waals surface area contributed by atoms with Crippen molar-refractivity contribution in [1.82, 2.24) is 4.90 Å². The Kier molecular flexibility index (Phi) is 6.61. The molecule has 132 valence electrons. The van der Waals surface area contributed by atoms with Crippen molar-refractivity contribution in [3.63, 3.8) is 0 Å². The van der Waals surface area contributed by atoms with E-state index in [-0.39, 0.29) is 23.7 Å². The summed E-state index contributed by atoms with van der Waals surface area (Å²) < 4.78 is 5.41. The Labute approximate surface area is 143 Å². The number of hydrogen-bond acceptors (Lipinski definition) is 4. The summed E-state index contributed by atoms with van der Waals surface area (Å²) in [6.07, 6.45) is 1.42. The van der Waals surface area contributed by atoms with Crippen LogP contribution in [0, 0.1) is 11.8 Å². The molecule has 2 rings (SSSR count). The summed E-state index contributed by atoms with van der Waals surface area (Å²) in [6, 6.07) is 7.27. The van der Waals surface area contributed by atoms with Crippen LogP contribution >= 0.6 is 0 Å². The molecule has 24 heavy (non-hydrogen) atoms. The Balaban J connectivity index is 1.82. The lowest BCUT2D eigenvalue weighted by molar-refractivity contribution is -0.137. The molecule has 3 N–H and O–H groups in total. The highest BCUT2D eigenvalue weighted by molar-refractivity contribution is 5.92. The highest BCUT2D eigenvalue weighted by Crippen LogP contribution is 2.22. The van der Waals surface area contributed by atoms with E-state index in [0.717, 1.165) is 11.4 Å². The number of nitrogens with zero attached hydrogens (tertiary/aromatic N) is 1. The first kappa shape index (κ1) is 18.3. The standard InChI is InChI=1S/C18H27N3O3/c1-13(2)18(23)21-10-7-14(8-11-21)17(22)20-15-3-5-16(6-4-15)24-12-9-19/h3-6,13-14H,7-12,19H2,1-2H3,(H,20,22). The molecule has 1 aromatic carbocycles. The molecule has 6 heteroatoms. The molecule has 0 aliphatic carbocycles. The molecule has 1 heterocycles. The molecule has 0 aromatic heterocycles. The third kappa shape index (κ3) is 4.96. The molecule has 0 bridgehead atoms. The molecule has 0 atom stereocenters. The van der Waals surface area contributed by atoms with E-state index in [4.69, 9.17) is 10.5 Å². The summed E-state index contributed by atoms with van der Waals surface area (Å²) in [5, 5.41) is 2.94. The van der Waals surface area contributed by atoms with Crippen molar-refractivity contribution in [2.45, 2.75) is 26.7 Å². The third-order valence-electron chi connectivity index (χ3n) is 4.18. The fourth-order valence-corrected chi connectivity index (χ4v) is 2.78. The number of hydrogen-bond donors (Lipinski definition) is 2. The molecular formula is C18H27N3O3. The highest BCUT2D eigenvalue weighted by atomic mass is 16.5. The van der Waals surface area contributed by atoms with Crippen LogP contribution in [0.1, 0.15) is 26.7 Å². The van der Waals surface area contributed by atoms with E-state index in [1.165, 1.54) is 0 Å². The SMILES string of the molecule is CC(C)C(=O)N1CCC(C(=O)Nc2ccc(OCCN)cc2)CC1. The topological polar surface area (TPSA) is 84.7 Å². The average molecular weight is 333 g/mol. The van der Waals surface area contributed by atoms with Gasteiger partial charge in [-0.3, -0.25) is 9.59 Å². The van der Waals surface area contributed by atoms with Gasteiger partial charge in [-0.25, -0.2) is 0 Å². The lowest BCUT2D eigenvalue weighted by Crippen LogP contribution is -2.43. The van der Waals surface area contributed by atoms with Crippen LogP contribution in [0.25, 0.3) is 0 Å². The van der Waals surface area contributed by atoms with Gasteiger partial charge in [0.05, 0.1) is 0 Å². The van der Waals surface area contributed by atoms with Gasteiger partial charge in [0.1, 0.15) is 12.4 Å². The van der Waals surface area contributed by atoms with Gasteiger partial charge in [0.2, 0.25) is 11.8 Å². The summed E-state index contributed by atoms with van der Waals surface area (Å²) in [7, 11) is 0. The first-order chi connectivity index (χ1) is 11.5. The number of amides is 2. The van der Waals surface area contributed by atoms with Crippen molar-refractivity contribution in [3.05, 3.63) is 24.3 Å². The fraction of sp³-hybridized carbons (Fsp3) is 0.556. The van der Waals surface area contributed by atoms with E-state index in [9.17, 15) is 9.59 Å². The average Bonchev–Trinajstić information content (AvgIpc) is 2.60. The number of rotatable bonds is 6. The van der Waals surface area contributed by atoms with E-state index >= 15 is 0 Å². The fourth-order valence-electron chi connectivity index (χ4n) is 2.78. The van der Waals surface area contributed by atoms with E-state index in [0.29, 0.717) is 39.1 Å². The molecule has 1 aliphatic rings. The number of carbonyl (C=O) groups excluding carboxylic acids is 2. The maximum atomic E-state index is 12.4. The highest BCUT2D eigenvalue weighted by Gasteiger charge is 2.28. The van der Waals surface area contributed by atoms with Gasteiger partial charge in [-0.2, -0.15) is 0 Å². The van der Waals surface area contributed by atoms with E-state index in [2.05, 4.69) is 5.32 Å². The van der Waals surface area contributed by atoms with Crippen LogP contribution in [0.15, 0.2) is 24.3 Å². The maximum Gasteiger partial charge on any atom is 0.227 e. The van der Waals surface area contributed by atoms with Crippen molar-refractivity contribution in [2.24, 2.45) is 17.6 Å². The molecule has 0 spiro atoms. The Bertz CT molecular complexity index is 549. The first-order valence-corrected chi connectivity index (χ1v) is 8.54. The number of piperidine rings is 1. The second-order valence-electron chi connectivity index (χ2n) is 6.41. The monoisotopic (exact) mass is 333 g/mol. The lowest BCUT2D eigenvalue weighted by atomic mass is 9.95. The zero-order chi connectivity index (χ0) is 17.5. The molecule has 2 amide bonds. The summed E-state index contributed by atoms with van der Waals surface area (Å²) in [4.78, 5) is 26.2. The second-order valence-corrected chi connectivity index (χ2v) is 6.41. The summed E-state index contributed by atoms with van der Waals surface area (Å²) in [6.45, 7) is 6.06. The van der Waals surface area contributed by atoms with Crippen LogP contribution in [0.3, 0.4) is 0 Å².